The molecule has 4 heterocycles. The topological polar surface area (TPSA) is 149 Å². The first-order valence-corrected chi connectivity index (χ1v) is 18.4. The van der Waals surface area contributed by atoms with Crippen molar-refractivity contribution >= 4 is 29.8 Å². The molecule has 2 atom stereocenters. The summed E-state index contributed by atoms with van der Waals surface area (Å²) < 4.78 is 18.7. The molecule has 2 aliphatic rings. The number of nitrogens with zero attached hydrogens (tertiary/aromatic N) is 7. The van der Waals surface area contributed by atoms with Gasteiger partial charge in [-0.05, 0) is 68.1 Å². The third-order valence-corrected chi connectivity index (χ3v) is 9.60. The second-order valence-electron chi connectivity index (χ2n) is 14.7. The molecule has 5 aromatic rings. The number of likely N-dealkylation sites (tertiary alicyclic amines) is 1. The Kier molecular flexibility index (Phi) is 10.8. The van der Waals surface area contributed by atoms with Crippen molar-refractivity contribution in [3.05, 3.63) is 126 Å². The normalized spacial score (nSPS) is 16.4. The SMILES string of the molecule is COc1ccc(CN(C(=O)OC(C)(C)C)c2cc(C[C@H]3C(=O)N(C(=O)N4CCn5c(nnc5-c5ccccc5)C4)[C@@H]3C(=O)OCc3ccccc3)ccn2)cc1. The van der Waals surface area contributed by atoms with E-state index < -0.39 is 41.6 Å². The first-order chi connectivity index (χ1) is 27.0. The largest absolute Gasteiger partial charge is 0.497 e. The predicted molar refractivity (Wildman–Crippen MR) is 205 cm³/mol. The average molecular weight is 758 g/mol. The van der Waals surface area contributed by atoms with Gasteiger partial charge in [-0.15, -0.1) is 10.2 Å². The molecule has 3 aromatic carbocycles. The molecule has 0 aliphatic carbocycles. The van der Waals surface area contributed by atoms with Gasteiger partial charge in [0.05, 0.1) is 26.1 Å². The summed E-state index contributed by atoms with van der Waals surface area (Å²) in [7, 11) is 1.58. The maximum atomic E-state index is 14.1. The van der Waals surface area contributed by atoms with Gasteiger partial charge in [-0.25, -0.2) is 24.3 Å². The van der Waals surface area contributed by atoms with Crippen molar-refractivity contribution in [3.63, 3.8) is 0 Å². The fourth-order valence-corrected chi connectivity index (χ4v) is 6.78. The number of imide groups is 1. The van der Waals surface area contributed by atoms with Crippen molar-refractivity contribution in [2.45, 2.75) is 65.1 Å². The number of hydrogen-bond donors (Lipinski definition) is 0. The summed E-state index contributed by atoms with van der Waals surface area (Å²) in [4.78, 5) is 63.9. The molecule has 0 bridgehead atoms. The molecule has 0 saturated carbocycles. The zero-order chi connectivity index (χ0) is 39.4. The summed E-state index contributed by atoms with van der Waals surface area (Å²) in [6, 6.07) is 27.8. The van der Waals surface area contributed by atoms with Crippen LogP contribution < -0.4 is 9.64 Å². The fourth-order valence-electron chi connectivity index (χ4n) is 6.78. The number of hydrogen-bond acceptors (Lipinski definition) is 10. The standard InChI is InChI=1S/C42H43N7O7/c1-42(2,3)56-41(53)48(25-28-15-17-32(54-4)18-16-28)34-24-30(19-20-43-34)23-33-36(39(51)55-27-29-11-7-5-8-12-29)49(38(33)50)40(52)46-21-22-47-35(26-46)44-45-37(47)31-13-9-6-10-14-31/h5-20,24,33,36H,21-23,25-27H2,1-4H3/t33-,36+/m1/s1. The summed E-state index contributed by atoms with van der Waals surface area (Å²) in [5.41, 5.74) is 2.33. The molecule has 0 radical (unpaired) electrons. The highest BCUT2D eigenvalue weighted by molar-refractivity contribution is 6.08. The minimum Gasteiger partial charge on any atom is -0.497 e. The second-order valence-corrected chi connectivity index (χ2v) is 14.7. The first kappa shape index (κ1) is 37.7. The lowest BCUT2D eigenvalue weighted by atomic mass is 9.82. The van der Waals surface area contributed by atoms with Crippen molar-refractivity contribution in [3.8, 4) is 17.1 Å². The average Bonchev–Trinajstić information content (AvgIpc) is 3.64. The molecular formula is C42H43N7O7. The molecule has 0 N–H and O–H groups in total. The van der Waals surface area contributed by atoms with Crippen LogP contribution in [-0.2, 0) is 51.7 Å². The van der Waals surface area contributed by atoms with E-state index >= 15 is 0 Å². The second kappa shape index (κ2) is 16.0. The van der Waals surface area contributed by atoms with E-state index in [9.17, 15) is 19.2 Å². The number of β-lactam (4-membered cyclic amide) rings is 1. The molecular weight excluding hydrogens is 715 g/mol. The van der Waals surface area contributed by atoms with Gasteiger partial charge in [-0.3, -0.25) is 9.69 Å². The van der Waals surface area contributed by atoms with Gasteiger partial charge in [-0.2, -0.15) is 0 Å². The Hall–Kier alpha value is -6.57. The van der Waals surface area contributed by atoms with Crippen molar-refractivity contribution in [2.24, 2.45) is 5.92 Å². The molecule has 4 amide bonds. The molecule has 2 aromatic heterocycles. The van der Waals surface area contributed by atoms with Crippen LogP contribution in [0.15, 0.2) is 103 Å². The summed E-state index contributed by atoms with van der Waals surface area (Å²) in [5, 5.41) is 8.71. The Morgan fingerprint density at radius 2 is 1.57 bits per heavy atom. The van der Waals surface area contributed by atoms with E-state index in [-0.39, 0.29) is 32.7 Å². The maximum absolute atomic E-state index is 14.1. The summed E-state index contributed by atoms with van der Waals surface area (Å²) in [5.74, 6) is 0.130. The van der Waals surface area contributed by atoms with Crippen LogP contribution in [0.5, 0.6) is 5.75 Å². The van der Waals surface area contributed by atoms with E-state index in [4.69, 9.17) is 14.2 Å². The number of esters is 1. The Morgan fingerprint density at radius 1 is 0.857 bits per heavy atom. The van der Waals surface area contributed by atoms with E-state index in [2.05, 4.69) is 15.2 Å². The van der Waals surface area contributed by atoms with Crippen LogP contribution >= 0.6 is 0 Å². The van der Waals surface area contributed by atoms with Crippen molar-refractivity contribution in [1.29, 1.82) is 0 Å². The van der Waals surface area contributed by atoms with Gasteiger partial charge in [0, 0.05) is 24.8 Å². The van der Waals surface area contributed by atoms with Crippen LogP contribution in [0.1, 0.15) is 43.3 Å². The fraction of sp³-hybridized carbons (Fsp3) is 0.310. The minimum absolute atomic E-state index is 0.0240. The van der Waals surface area contributed by atoms with Gasteiger partial charge in [0.1, 0.15) is 23.8 Å². The summed E-state index contributed by atoms with van der Waals surface area (Å²) in [6.45, 7) is 6.27. The number of ether oxygens (including phenoxy) is 3. The number of pyridine rings is 1. The number of carbonyl (C=O) groups is 4. The van der Waals surface area contributed by atoms with Crippen LogP contribution in [0.2, 0.25) is 0 Å². The number of methoxy groups -OCH3 is 1. The van der Waals surface area contributed by atoms with Gasteiger partial charge < -0.3 is 23.7 Å². The van der Waals surface area contributed by atoms with E-state index in [1.165, 1.54) is 9.80 Å². The van der Waals surface area contributed by atoms with E-state index in [0.717, 1.165) is 21.6 Å². The molecule has 7 rings (SSSR count). The number of fused-ring (bicyclic) bond motifs is 1. The van der Waals surface area contributed by atoms with Crippen molar-refractivity contribution in [2.75, 3.05) is 18.6 Å². The highest BCUT2D eigenvalue weighted by atomic mass is 16.6. The van der Waals surface area contributed by atoms with Gasteiger partial charge in [0.25, 0.3) is 0 Å². The maximum Gasteiger partial charge on any atom is 0.416 e. The molecule has 288 valence electrons. The number of rotatable bonds is 10. The molecule has 0 spiro atoms. The number of urea groups is 1. The quantitative estimate of drug-likeness (QED) is 0.122. The minimum atomic E-state index is -1.18. The number of amides is 4. The molecule has 1 saturated heterocycles. The number of carbonyl (C=O) groups excluding carboxylic acids is 4. The lowest BCUT2D eigenvalue weighted by Crippen LogP contribution is -2.69. The third kappa shape index (κ3) is 8.23. The third-order valence-electron chi connectivity index (χ3n) is 9.60. The number of anilines is 1. The molecule has 2 aliphatic heterocycles. The lowest BCUT2D eigenvalue weighted by molar-refractivity contribution is -0.171. The molecule has 14 nitrogen and oxygen atoms in total. The summed E-state index contributed by atoms with van der Waals surface area (Å²) >= 11 is 0. The Bertz CT molecular complexity index is 2200. The van der Waals surface area contributed by atoms with E-state index in [1.807, 2.05) is 77.4 Å². The lowest BCUT2D eigenvalue weighted by Gasteiger charge is -2.46. The van der Waals surface area contributed by atoms with E-state index in [1.54, 1.807) is 58.3 Å². The number of aromatic nitrogens is 4. The molecule has 1 fully saturated rings. The smallest absolute Gasteiger partial charge is 0.416 e. The van der Waals surface area contributed by atoms with E-state index in [0.29, 0.717) is 35.3 Å². The summed E-state index contributed by atoms with van der Waals surface area (Å²) in [6.07, 6.45) is 1.02. The predicted octanol–water partition coefficient (Wildman–Crippen LogP) is 6.04. The Morgan fingerprint density at radius 3 is 2.27 bits per heavy atom. The molecule has 56 heavy (non-hydrogen) atoms. The van der Waals surface area contributed by atoms with Crippen LogP contribution in [-0.4, -0.2) is 78.8 Å². The monoisotopic (exact) mass is 757 g/mol. The molecule has 0 unspecified atom stereocenters. The zero-order valence-corrected chi connectivity index (χ0v) is 31.7. The van der Waals surface area contributed by atoms with Crippen LogP contribution in [0.3, 0.4) is 0 Å². The van der Waals surface area contributed by atoms with Crippen LogP contribution in [0, 0.1) is 5.92 Å². The highest BCUT2D eigenvalue weighted by Gasteiger charge is 2.56. The van der Waals surface area contributed by atoms with Gasteiger partial charge in [0.15, 0.2) is 17.7 Å². The van der Waals surface area contributed by atoms with Gasteiger partial charge >= 0.3 is 18.1 Å². The first-order valence-electron chi connectivity index (χ1n) is 18.4. The van der Waals surface area contributed by atoms with Crippen molar-refractivity contribution in [1.82, 2.24) is 29.5 Å². The highest BCUT2D eigenvalue weighted by Crippen LogP contribution is 2.34. The molecule has 14 heteroatoms. The zero-order valence-electron chi connectivity index (χ0n) is 31.7. The van der Waals surface area contributed by atoms with Gasteiger partial charge in [-0.1, -0.05) is 72.8 Å². The van der Waals surface area contributed by atoms with Crippen LogP contribution in [0.4, 0.5) is 15.4 Å². The number of benzene rings is 3. The Labute approximate surface area is 324 Å². The van der Waals surface area contributed by atoms with Crippen molar-refractivity contribution < 1.29 is 33.4 Å². The van der Waals surface area contributed by atoms with Crippen LogP contribution in [0.25, 0.3) is 11.4 Å². The van der Waals surface area contributed by atoms with Gasteiger partial charge in [0.2, 0.25) is 5.91 Å². The Balaban J connectivity index is 1.12.